The van der Waals surface area contributed by atoms with Crippen molar-refractivity contribution in [2.24, 2.45) is 0 Å². The summed E-state index contributed by atoms with van der Waals surface area (Å²) in [6, 6.07) is 8.13. The maximum atomic E-state index is 5.05. The molecule has 0 aliphatic rings. The van der Waals surface area contributed by atoms with E-state index in [0.717, 1.165) is 10.5 Å². The number of aromatic nitrogens is 1. The van der Waals surface area contributed by atoms with Gasteiger partial charge in [0.05, 0.1) is 23.4 Å². The molecule has 1 aromatic heterocycles. The minimum Gasteiger partial charge on any atom is -0.302 e. The molecule has 0 spiro atoms. The lowest BCUT2D eigenvalue weighted by molar-refractivity contribution is 0.0463. The maximum absolute atomic E-state index is 5.05. The molecule has 0 bridgehead atoms. The second kappa shape index (κ2) is 4.50. The van der Waals surface area contributed by atoms with Crippen LogP contribution in [0.3, 0.4) is 0 Å². The molecule has 0 aliphatic carbocycles. The summed E-state index contributed by atoms with van der Waals surface area (Å²) < 4.78 is 1.22. The Morgan fingerprint density at radius 3 is 3.07 bits per heavy atom. The molecule has 4 heteroatoms. The van der Waals surface area contributed by atoms with Crippen LogP contribution in [0.15, 0.2) is 24.3 Å². The molecule has 1 heterocycles. The molecule has 14 heavy (non-hydrogen) atoms. The van der Waals surface area contributed by atoms with Crippen molar-refractivity contribution in [1.29, 1.82) is 0 Å². The van der Waals surface area contributed by atoms with Gasteiger partial charge in [-0.3, -0.25) is 0 Å². The van der Waals surface area contributed by atoms with Gasteiger partial charge in [0.15, 0.2) is 0 Å². The summed E-state index contributed by atoms with van der Waals surface area (Å²) in [4.78, 5) is 9.51. The van der Waals surface area contributed by atoms with Crippen molar-refractivity contribution in [3.8, 4) is 0 Å². The summed E-state index contributed by atoms with van der Waals surface area (Å²) in [6.07, 6.45) is 0. The number of para-hydroxylation sites is 1. The molecule has 0 radical (unpaired) electrons. The number of thiazole rings is 1. The standard InChI is InChI=1S/C10H12N2OS/c1-2-13-11-7-10-12-8-5-3-4-6-9(8)14-10/h3-6,11H,2,7H2,1H3. The molecule has 0 fully saturated rings. The lowest BCUT2D eigenvalue weighted by Crippen LogP contribution is -2.13. The van der Waals surface area contributed by atoms with Gasteiger partial charge in [0.2, 0.25) is 0 Å². The third kappa shape index (κ3) is 2.09. The largest absolute Gasteiger partial charge is 0.302 e. The van der Waals surface area contributed by atoms with Crippen LogP contribution >= 0.6 is 11.3 Å². The Bertz CT molecular complexity index is 380. The van der Waals surface area contributed by atoms with Crippen molar-refractivity contribution >= 4 is 21.6 Å². The Morgan fingerprint density at radius 1 is 1.43 bits per heavy atom. The normalized spacial score (nSPS) is 10.9. The van der Waals surface area contributed by atoms with Crippen molar-refractivity contribution in [2.75, 3.05) is 6.61 Å². The van der Waals surface area contributed by atoms with Crippen molar-refractivity contribution in [2.45, 2.75) is 13.5 Å². The van der Waals surface area contributed by atoms with E-state index in [1.807, 2.05) is 25.1 Å². The molecule has 74 valence electrons. The van der Waals surface area contributed by atoms with E-state index in [0.29, 0.717) is 13.2 Å². The van der Waals surface area contributed by atoms with E-state index < -0.39 is 0 Å². The fourth-order valence-electron chi connectivity index (χ4n) is 1.21. The van der Waals surface area contributed by atoms with E-state index >= 15 is 0 Å². The first-order valence-corrected chi connectivity index (χ1v) is 5.41. The second-order valence-corrected chi connectivity index (χ2v) is 3.94. The van der Waals surface area contributed by atoms with Crippen LogP contribution in [-0.2, 0) is 11.4 Å². The van der Waals surface area contributed by atoms with Crippen molar-refractivity contribution in [3.63, 3.8) is 0 Å². The summed E-state index contributed by atoms with van der Waals surface area (Å²) in [5.74, 6) is 0. The number of nitrogens with one attached hydrogen (secondary N) is 1. The molecule has 0 atom stereocenters. The highest BCUT2D eigenvalue weighted by Crippen LogP contribution is 2.20. The molecule has 0 saturated carbocycles. The lowest BCUT2D eigenvalue weighted by atomic mass is 10.3. The molecule has 0 amide bonds. The average Bonchev–Trinajstić information content (AvgIpc) is 2.60. The number of hydrogen-bond acceptors (Lipinski definition) is 4. The molecule has 1 N–H and O–H groups in total. The Morgan fingerprint density at radius 2 is 2.29 bits per heavy atom. The first-order chi connectivity index (χ1) is 6.90. The van der Waals surface area contributed by atoms with Crippen molar-refractivity contribution in [3.05, 3.63) is 29.3 Å². The Hall–Kier alpha value is -0.970. The highest BCUT2D eigenvalue weighted by molar-refractivity contribution is 7.18. The minimum atomic E-state index is 0.672. The zero-order chi connectivity index (χ0) is 9.80. The predicted octanol–water partition coefficient (Wildman–Crippen LogP) is 2.34. The summed E-state index contributed by atoms with van der Waals surface area (Å²) in [5.41, 5.74) is 3.92. The Labute approximate surface area is 86.7 Å². The molecule has 0 saturated heterocycles. The molecule has 3 nitrogen and oxygen atoms in total. The van der Waals surface area contributed by atoms with E-state index in [1.165, 1.54) is 4.70 Å². The zero-order valence-corrected chi connectivity index (χ0v) is 8.80. The Balaban J connectivity index is 2.11. The van der Waals surface area contributed by atoms with E-state index in [2.05, 4.69) is 16.5 Å². The molecule has 2 rings (SSSR count). The van der Waals surface area contributed by atoms with Gasteiger partial charge in [-0.15, -0.1) is 11.3 Å². The van der Waals surface area contributed by atoms with Gasteiger partial charge in [0.25, 0.3) is 0 Å². The van der Waals surface area contributed by atoms with E-state index in [-0.39, 0.29) is 0 Å². The molecule has 2 aromatic rings. The fourth-order valence-corrected chi connectivity index (χ4v) is 2.10. The molecular formula is C10H12N2OS. The summed E-state index contributed by atoms with van der Waals surface area (Å²) >= 11 is 1.69. The van der Waals surface area contributed by atoms with Crippen LogP contribution in [0.25, 0.3) is 10.2 Å². The molecule has 1 aromatic carbocycles. The van der Waals surface area contributed by atoms with E-state index in [4.69, 9.17) is 4.84 Å². The van der Waals surface area contributed by atoms with Gasteiger partial charge < -0.3 is 4.84 Å². The second-order valence-electron chi connectivity index (χ2n) is 2.83. The average molecular weight is 208 g/mol. The van der Waals surface area contributed by atoms with E-state index in [1.54, 1.807) is 11.3 Å². The van der Waals surface area contributed by atoms with E-state index in [9.17, 15) is 0 Å². The van der Waals surface area contributed by atoms with Gasteiger partial charge in [-0.2, -0.15) is 5.48 Å². The van der Waals surface area contributed by atoms with Crippen LogP contribution in [0.2, 0.25) is 0 Å². The number of rotatable bonds is 4. The number of benzene rings is 1. The van der Waals surface area contributed by atoms with Crippen LogP contribution in [0.4, 0.5) is 0 Å². The maximum Gasteiger partial charge on any atom is 0.110 e. The van der Waals surface area contributed by atoms with Gasteiger partial charge in [-0.05, 0) is 19.1 Å². The quantitative estimate of drug-likeness (QED) is 0.618. The van der Waals surface area contributed by atoms with Gasteiger partial charge in [0.1, 0.15) is 5.01 Å². The van der Waals surface area contributed by atoms with Crippen LogP contribution in [-0.4, -0.2) is 11.6 Å². The SMILES string of the molecule is CCONCc1nc2ccccc2s1. The summed E-state index contributed by atoms with van der Waals surface area (Å²) in [6.45, 7) is 3.30. The topological polar surface area (TPSA) is 34.1 Å². The molecule has 0 aliphatic heterocycles. The fraction of sp³-hybridized carbons (Fsp3) is 0.300. The highest BCUT2D eigenvalue weighted by Gasteiger charge is 2.01. The predicted molar refractivity (Wildman–Crippen MR) is 58.1 cm³/mol. The highest BCUT2D eigenvalue weighted by atomic mass is 32.1. The number of hydroxylamine groups is 1. The number of hydrogen-bond donors (Lipinski definition) is 1. The summed E-state index contributed by atoms with van der Waals surface area (Å²) in [5, 5.41) is 1.06. The third-order valence-corrected chi connectivity index (χ3v) is 2.84. The molecule has 0 unspecified atom stereocenters. The minimum absolute atomic E-state index is 0.672. The Kier molecular flexibility index (Phi) is 3.08. The zero-order valence-electron chi connectivity index (χ0n) is 7.99. The summed E-state index contributed by atoms with van der Waals surface area (Å²) in [7, 11) is 0. The number of fused-ring (bicyclic) bond motifs is 1. The van der Waals surface area contributed by atoms with Crippen LogP contribution in [0.5, 0.6) is 0 Å². The van der Waals surface area contributed by atoms with Crippen LogP contribution < -0.4 is 5.48 Å². The lowest BCUT2D eigenvalue weighted by Gasteiger charge is -1.98. The first kappa shape index (κ1) is 9.58. The number of nitrogens with zero attached hydrogens (tertiary/aromatic N) is 1. The monoisotopic (exact) mass is 208 g/mol. The van der Waals surface area contributed by atoms with Crippen LogP contribution in [0, 0.1) is 0 Å². The van der Waals surface area contributed by atoms with Gasteiger partial charge in [-0.1, -0.05) is 12.1 Å². The molecular weight excluding hydrogens is 196 g/mol. The smallest absolute Gasteiger partial charge is 0.110 e. The van der Waals surface area contributed by atoms with Crippen molar-refractivity contribution in [1.82, 2.24) is 10.5 Å². The van der Waals surface area contributed by atoms with Crippen molar-refractivity contribution < 1.29 is 4.84 Å². The first-order valence-electron chi connectivity index (χ1n) is 4.59. The van der Waals surface area contributed by atoms with Gasteiger partial charge in [-0.25, -0.2) is 4.98 Å². The van der Waals surface area contributed by atoms with Crippen LogP contribution in [0.1, 0.15) is 11.9 Å². The third-order valence-electron chi connectivity index (χ3n) is 1.81. The van der Waals surface area contributed by atoms with Gasteiger partial charge in [0, 0.05) is 0 Å². The van der Waals surface area contributed by atoms with Gasteiger partial charge >= 0.3 is 0 Å².